The lowest BCUT2D eigenvalue weighted by molar-refractivity contribution is 0.280. The Labute approximate surface area is 80.8 Å². The molecule has 0 unspecified atom stereocenters. The van der Waals surface area contributed by atoms with Crippen molar-refractivity contribution in [2.45, 2.75) is 13.5 Å². The summed E-state index contributed by atoms with van der Waals surface area (Å²) in [6.45, 7) is 1.81. The molecule has 2 N–H and O–H groups in total. The van der Waals surface area contributed by atoms with Crippen molar-refractivity contribution in [2.24, 2.45) is 0 Å². The Bertz CT molecular complexity index is 424. The van der Waals surface area contributed by atoms with Gasteiger partial charge in [0.2, 0.25) is 0 Å². The number of aryl methyl sites for hydroxylation is 1. The standard InChI is InChI=1S/C9H10N4O/c1-6-8(5-14)2-10-9(13-6)7-3-11-12-4-7/h2-4,14H,5H2,1H3,(H,11,12). The zero-order valence-electron chi connectivity index (χ0n) is 7.73. The first-order valence-electron chi connectivity index (χ1n) is 4.24. The highest BCUT2D eigenvalue weighted by atomic mass is 16.3. The van der Waals surface area contributed by atoms with Gasteiger partial charge >= 0.3 is 0 Å². The summed E-state index contributed by atoms with van der Waals surface area (Å²) in [5, 5.41) is 15.5. The van der Waals surface area contributed by atoms with E-state index in [1.807, 2.05) is 6.92 Å². The Hall–Kier alpha value is -1.75. The molecule has 0 aliphatic carbocycles. The summed E-state index contributed by atoms with van der Waals surface area (Å²) in [7, 11) is 0. The van der Waals surface area contributed by atoms with Gasteiger partial charge in [-0.3, -0.25) is 5.10 Å². The van der Waals surface area contributed by atoms with Crippen molar-refractivity contribution in [3.63, 3.8) is 0 Å². The van der Waals surface area contributed by atoms with E-state index in [2.05, 4.69) is 20.2 Å². The van der Waals surface area contributed by atoms with Crippen molar-refractivity contribution < 1.29 is 5.11 Å². The maximum Gasteiger partial charge on any atom is 0.162 e. The van der Waals surface area contributed by atoms with Gasteiger partial charge in [-0.1, -0.05) is 0 Å². The van der Waals surface area contributed by atoms with E-state index in [0.717, 1.165) is 16.8 Å². The smallest absolute Gasteiger partial charge is 0.162 e. The summed E-state index contributed by atoms with van der Waals surface area (Å²) >= 11 is 0. The predicted molar refractivity (Wildman–Crippen MR) is 50.3 cm³/mol. The van der Waals surface area contributed by atoms with E-state index in [1.54, 1.807) is 18.6 Å². The number of aliphatic hydroxyl groups is 1. The maximum absolute atomic E-state index is 8.94. The number of H-pyrrole nitrogens is 1. The minimum Gasteiger partial charge on any atom is -0.392 e. The van der Waals surface area contributed by atoms with Gasteiger partial charge in [-0.05, 0) is 6.92 Å². The van der Waals surface area contributed by atoms with Crippen LogP contribution in [-0.4, -0.2) is 25.3 Å². The van der Waals surface area contributed by atoms with E-state index < -0.39 is 0 Å². The number of hydrogen-bond acceptors (Lipinski definition) is 4. The van der Waals surface area contributed by atoms with Crippen LogP contribution in [0.1, 0.15) is 11.3 Å². The average molecular weight is 190 g/mol. The minimum absolute atomic E-state index is 0.0303. The first-order chi connectivity index (χ1) is 6.81. The quantitative estimate of drug-likeness (QED) is 0.729. The fraction of sp³-hybridized carbons (Fsp3) is 0.222. The molecule has 0 bridgehead atoms. The molecule has 0 aromatic carbocycles. The Kier molecular flexibility index (Phi) is 2.24. The van der Waals surface area contributed by atoms with Crippen LogP contribution in [0.2, 0.25) is 0 Å². The lowest BCUT2D eigenvalue weighted by Gasteiger charge is -2.02. The first-order valence-corrected chi connectivity index (χ1v) is 4.24. The molecule has 0 amide bonds. The molecule has 0 fully saturated rings. The number of hydrogen-bond donors (Lipinski definition) is 2. The van der Waals surface area contributed by atoms with Crippen LogP contribution < -0.4 is 0 Å². The highest BCUT2D eigenvalue weighted by Gasteiger charge is 2.05. The Morgan fingerprint density at radius 2 is 2.29 bits per heavy atom. The number of aliphatic hydroxyl groups excluding tert-OH is 1. The number of rotatable bonds is 2. The van der Waals surface area contributed by atoms with E-state index in [-0.39, 0.29) is 6.61 Å². The molecular formula is C9H10N4O. The molecule has 0 saturated heterocycles. The lowest BCUT2D eigenvalue weighted by Crippen LogP contribution is -1.97. The van der Waals surface area contributed by atoms with Gasteiger partial charge < -0.3 is 5.11 Å². The molecule has 0 saturated carbocycles. The average Bonchev–Trinajstić information content (AvgIpc) is 2.70. The monoisotopic (exact) mass is 190 g/mol. The molecule has 2 rings (SSSR count). The van der Waals surface area contributed by atoms with Crippen LogP contribution in [0, 0.1) is 6.92 Å². The molecule has 0 aliphatic rings. The van der Waals surface area contributed by atoms with Crippen molar-refractivity contribution in [2.75, 3.05) is 0 Å². The zero-order valence-corrected chi connectivity index (χ0v) is 7.73. The lowest BCUT2D eigenvalue weighted by atomic mass is 10.2. The summed E-state index contributed by atoms with van der Waals surface area (Å²) < 4.78 is 0. The minimum atomic E-state index is -0.0303. The second-order valence-corrected chi connectivity index (χ2v) is 2.95. The molecular weight excluding hydrogens is 180 g/mol. The number of nitrogens with one attached hydrogen (secondary N) is 1. The molecule has 2 aromatic heterocycles. The van der Waals surface area contributed by atoms with Gasteiger partial charge in [0.1, 0.15) is 0 Å². The fourth-order valence-corrected chi connectivity index (χ4v) is 1.16. The molecule has 0 atom stereocenters. The topological polar surface area (TPSA) is 74.7 Å². The van der Waals surface area contributed by atoms with E-state index >= 15 is 0 Å². The predicted octanol–water partition coefficient (Wildman–Crippen LogP) is 0.667. The summed E-state index contributed by atoms with van der Waals surface area (Å²) in [6.07, 6.45) is 5.02. The molecule has 5 nitrogen and oxygen atoms in total. The number of nitrogens with zero attached hydrogens (tertiary/aromatic N) is 3. The molecule has 5 heteroatoms. The van der Waals surface area contributed by atoms with Gasteiger partial charge in [0.15, 0.2) is 5.82 Å². The largest absolute Gasteiger partial charge is 0.392 e. The zero-order chi connectivity index (χ0) is 9.97. The van der Waals surface area contributed by atoms with Gasteiger partial charge in [-0.25, -0.2) is 9.97 Å². The molecule has 2 heterocycles. The van der Waals surface area contributed by atoms with Crippen molar-refractivity contribution in [1.29, 1.82) is 0 Å². The summed E-state index contributed by atoms with van der Waals surface area (Å²) in [4.78, 5) is 8.38. The number of aromatic nitrogens is 4. The summed E-state index contributed by atoms with van der Waals surface area (Å²) in [5.74, 6) is 0.619. The second kappa shape index (κ2) is 3.55. The third-order valence-corrected chi connectivity index (χ3v) is 2.01. The first kappa shape index (κ1) is 8.83. The van der Waals surface area contributed by atoms with E-state index in [1.165, 1.54) is 0 Å². The normalized spacial score (nSPS) is 10.4. The van der Waals surface area contributed by atoms with E-state index in [0.29, 0.717) is 5.82 Å². The maximum atomic E-state index is 8.94. The van der Waals surface area contributed by atoms with Crippen LogP contribution in [0.4, 0.5) is 0 Å². The van der Waals surface area contributed by atoms with Gasteiger partial charge in [-0.2, -0.15) is 5.10 Å². The summed E-state index contributed by atoms with van der Waals surface area (Å²) in [5.41, 5.74) is 2.38. The van der Waals surface area contributed by atoms with E-state index in [9.17, 15) is 0 Å². The van der Waals surface area contributed by atoms with E-state index in [4.69, 9.17) is 5.11 Å². The Morgan fingerprint density at radius 1 is 1.43 bits per heavy atom. The van der Waals surface area contributed by atoms with Crippen molar-refractivity contribution >= 4 is 0 Å². The van der Waals surface area contributed by atoms with Gasteiger partial charge in [0, 0.05) is 23.7 Å². The fourth-order valence-electron chi connectivity index (χ4n) is 1.16. The second-order valence-electron chi connectivity index (χ2n) is 2.95. The van der Waals surface area contributed by atoms with Crippen molar-refractivity contribution in [1.82, 2.24) is 20.2 Å². The van der Waals surface area contributed by atoms with Crippen LogP contribution in [-0.2, 0) is 6.61 Å². The SMILES string of the molecule is Cc1nc(-c2cn[nH]c2)ncc1CO. The summed E-state index contributed by atoms with van der Waals surface area (Å²) in [6, 6.07) is 0. The highest BCUT2D eigenvalue weighted by Crippen LogP contribution is 2.13. The van der Waals surface area contributed by atoms with Crippen molar-refractivity contribution in [3.8, 4) is 11.4 Å². The molecule has 72 valence electrons. The van der Waals surface area contributed by atoms with Gasteiger partial charge in [0.05, 0.1) is 18.4 Å². The Morgan fingerprint density at radius 3 is 2.86 bits per heavy atom. The molecule has 14 heavy (non-hydrogen) atoms. The third kappa shape index (κ3) is 1.49. The Balaban J connectivity index is 2.43. The van der Waals surface area contributed by atoms with Crippen LogP contribution in [0.15, 0.2) is 18.6 Å². The molecule has 0 spiro atoms. The van der Waals surface area contributed by atoms with Crippen LogP contribution >= 0.6 is 0 Å². The highest BCUT2D eigenvalue weighted by molar-refractivity contribution is 5.51. The van der Waals surface area contributed by atoms with Gasteiger partial charge in [-0.15, -0.1) is 0 Å². The molecule has 0 aliphatic heterocycles. The molecule has 0 radical (unpaired) electrons. The van der Waals surface area contributed by atoms with Crippen LogP contribution in [0.25, 0.3) is 11.4 Å². The molecule has 2 aromatic rings. The number of aromatic amines is 1. The van der Waals surface area contributed by atoms with Gasteiger partial charge in [0.25, 0.3) is 0 Å². The third-order valence-electron chi connectivity index (χ3n) is 2.01. The van der Waals surface area contributed by atoms with Crippen molar-refractivity contribution in [3.05, 3.63) is 29.8 Å². The van der Waals surface area contributed by atoms with Crippen LogP contribution in [0.3, 0.4) is 0 Å². The van der Waals surface area contributed by atoms with Crippen LogP contribution in [0.5, 0.6) is 0 Å².